The van der Waals surface area contributed by atoms with Crippen LogP contribution < -0.4 is 21.3 Å². The van der Waals surface area contributed by atoms with Gasteiger partial charge in [-0.05, 0) is 86.2 Å². The molecule has 6 aromatic rings. The summed E-state index contributed by atoms with van der Waals surface area (Å²) in [6, 6.07) is 17.7. The summed E-state index contributed by atoms with van der Waals surface area (Å²) in [4.78, 5) is 83.5. The molecule has 2 fully saturated rings. The van der Waals surface area contributed by atoms with E-state index in [-0.39, 0.29) is 75.8 Å². The highest BCUT2D eigenvalue weighted by molar-refractivity contribution is 7.13. The van der Waals surface area contributed by atoms with E-state index in [0.717, 1.165) is 62.5 Å². The lowest BCUT2D eigenvalue weighted by Crippen LogP contribution is -2.57. The zero-order valence-electron chi connectivity index (χ0n) is 45.9. The Bertz CT molecular complexity index is 3010. The molecule has 5 amide bonds. The molecule has 0 spiro atoms. The Morgan fingerprint density at radius 1 is 0.873 bits per heavy atom. The summed E-state index contributed by atoms with van der Waals surface area (Å²) >= 11 is 1.57. The Kier molecular flexibility index (Phi) is 20.7. The van der Waals surface area contributed by atoms with Gasteiger partial charge in [0.25, 0.3) is 5.91 Å². The maximum Gasteiger partial charge on any atom is 0.255 e. The number of aromatic amines is 1. The number of likely N-dealkylation sites (tertiary alicyclic amines) is 2. The number of thiazole rings is 1. The lowest BCUT2D eigenvalue weighted by molar-refractivity contribution is -0.144. The van der Waals surface area contributed by atoms with Gasteiger partial charge in [0.05, 0.1) is 111 Å². The number of aryl methyl sites for hydroxylation is 1. The second-order valence-corrected chi connectivity index (χ2v) is 22.1. The maximum absolute atomic E-state index is 14.0. The highest BCUT2D eigenvalue weighted by Gasteiger charge is 2.44. The standard InChI is InChI=1S/C57H75N11O10S/c1-37-7-6-19-66(37)35-49-63-45-14-13-43(30-46(45)64-49)62-54(72)41-12-15-47-42(29-41)33-61-68(47)20-18-58-50(70)16-21-75-23-25-77-27-28-78-26-24-76-22-17-51(71)65-53(57(3,4)5)56(74)67-34-44(69)31-48(67)55(73)59-32-39-8-10-40(11-9-39)52-38(2)60-36-79-52/h8-15,29-30,33,36-37,44,48,53,69H,6-7,16-28,31-32,34-35H2,1-5H3,(H,58,70)(H,59,73)(H,62,72)(H,63,64)(H,65,71)/t37-,44+,48-,53+/m0/s1. The molecule has 0 saturated carbocycles. The van der Waals surface area contributed by atoms with Crippen molar-refractivity contribution in [2.45, 2.75) is 111 Å². The number of amides is 5. The van der Waals surface area contributed by atoms with Crippen molar-refractivity contribution < 1.29 is 48.0 Å². The first-order valence-corrected chi connectivity index (χ1v) is 28.1. The number of anilines is 1. The summed E-state index contributed by atoms with van der Waals surface area (Å²) in [5, 5.41) is 27.5. The number of hydrogen-bond donors (Lipinski definition) is 6. The molecule has 0 aliphatic carbocycles. The van der Waals surface area contributed by atoms with E-state index in [0.29, 0.717) is 63.4 Å². The molecule has 0 radical (unpaired) electrons. The predicted octanol–water partition coefficient (Wildman–Crippen LogP) is 5.35. The fraction of sp³-hybridized carbons (Fsp3) is 0.509. The Hall–Kier alpha value is -6.66. The molecule has 8 rings (SSSR count). The zero-order valence-corrected chi connectivity index (χ0v) is 46.7. The van der Waals surface area contributed by atoms with Crippen molar-refractivity contribution in [1.29, 1.82) is 0 Å². The first-order valence-electron chi connectivity index (χ1n) is 27.2. The van der Waals surface area contributed by atoms with Crippen LogP contribution in [0.15, 0.2) is 72.4 Å². The number of β-amino-alcohol motifs (C(OH)–C–C–N with tert-alkyl or cyclic N) is 1. The van der Waals surface area contributed by atoms with Crippen molar-refractivity contribution in [1.82, 2.24) is 50.5 Å². The number of aliphatic hydroxyl groups excluding tert-OH is 1. The Balaban J connectivity index is 0.630. The third kappa shape index (κ3) is 16.5. The number of benzene rings is 3. The van der Waals surface area contributed by atoms with Gasteiger partial charge in [-0.3, -0.25) is 33.6 Å². The Labute approximate surface area is 464 Å². The minimum atomic E-state index is -0.941. The quantitative estimate of drug-likeness (QED) is 0.0339. The van der Waals surface area contributed by atoms with Crippen LogP contribution in [0.5, 0.6) is 0 Å². The fourth-order valence-electron chi connectivity index (χ4n) is 9.74. The third-order valence-electron chi connectivity index (χ3n) is 14.2. The summed E-state index contributed by atoms with van der Waals surface area (Å²) in [6.07, 6.45) is 3.56. The molecule has 22 heteroatoms. The first kappa shape index (κ1) is 58.5. The average Bonchev–Trinajstić information content (AvgIpc) is 4.40. The normalized spacial score (nSPS) is 17.1. The fourth-order valence-corrected chi connectivity index (χ4v) is 10.6. The number of imidazole rings is 1. The molecular formula is C57H75N11O10S. The van der Waals surface area contributed by atoms with Gasteiger partial charge in [-0.25, -0.2) is 9.97 Å². The number of rotatable bonds is 28. The van der Waals surface area contributed by atoms with Crippen molar-refractivity contribution in [3.63, 3.8) is 0 Å². The summed E-state index contributed by atoms with van der Waals surface area (Å²) in [7, 11) is 0. The number of hydrogen-bond acceptors (Lipinski definition) is 15. The van der Waals surface area contributed by atoms with E-state index in [9.17, 15) is 29.1 Å². The number of nitrogens with zero attached hydrogens (tertiary/aromatic N) is 6. The van der Waals surface area contributed by atoms with E-state index < -0.39 is 29.5 Å². The lowest BCUT2D eigenvalue weighted by atomic mass is 9.85. The molecule has 4 atom stereocenters. The van der Waals surface area contributed by atoms with Gasteiger partial charge in [0.2, 0.25) is 23.6 Å². The van der Waals surface area contributed by atoms with E-state index in [2.05, 4.69) is 48.2 Å². The number of aliphatic hydroxyl groups is 1. The van der Waals surface area contributed by atoms with Gasteiger partial charge in [0.15, 0.2) is 0 Å². The lowest BCUT2D eigenvalue weighted by Gasteiger charge is -2.35. The number of ether oxygens (including phenoxy) is 4. The van der Waals surface area contributed by atoms with Gasteiger partial charge >= 0.3 is 0 Å². The van der Waals surface area contributed by atoms with Crippen LogP contribution in [0.2, 0.25) is 0 Å². The highest BCUT2D eigenvalue weighted by atomic mass is 32.1. The third-order valence-corrected chi connectivity index (χ3v) is 15.1. The van der Waals surface area contributed by atoms with Crippen molar-refractivity contribution in [3.8, 4) is 10.4 Å². The maximum atomic E-state index is 14.0. The molecule has 424 valence electrons. The van der Waals surface area contributed by atoms with Crippen LogP contribution in [0.1, 0.15) is 87.2 Å². The molecule has 2 aliphatic heterocycles. The van der Waals surface area contributed by atoms with Crippen LogP contribution in [0, 0.1) is 12.3 Å². The molecule has 2 aliphatic rings. The molecule has 0 bridgehead atoms. The highest BCUT2D eigenvalue weighted by Crippen LogP contribution is 2.29. The van der Waals surface area contributed by atoms with Crippen molar-refractivity contribution in [2.24, 2.45) is 5.41 Å². The Morgan fingerprint density at radius 2 is 1.58 bits per heavy atom. The number of nitrogens with one attached hydrogen (secondary N) is 5. The van der Waals surface area contributed by atoms with E-state index in [4.69, 9.17) is 23.9 Å². The van der Waals surface area contributed by atoms with Gasteiger partial charge in [-0.1, -0.05) is 45.0 Å². The zero-order chi connectivity index (χ0) is 55.9. The molecule has 3 aromatic heterocycles. The molecule has 2 saturated heterocycles. The monoisotopic (exact) mass is 1110 g/mol. The van der Waals surface area contributed by atoms with Crippen LogP contribution in [-0.2, 0) is 57.8 Å². The Morgan fingerprint density at radius 3 is 2.25 bits per heavy atom. The van der Waals surface area contributed by atoms with Gasteiger partial charge in [-0.2, -0.15) is 5.10 Å². The van der Waals surface area contributed by atoms with Crippen LogP contribution in [0.3, 0.4) is 0 Å². The summed E-state index contributed by atoms with van der Waals surface area (Å²) < 4.78 is 24.1. The average molecular weight is 1110 g/mol. The predicted molar refractivity (Wildman–Crippen MR) is 300 cm³/mol. The minimum Gasteiger partial charge on any atom is -0.391 e. The van der Waals surface area contributed by atoms with Gasteiger partial charge in [0.1, 0.15) is 17.9 Å². The van der Waals surface area contributed by atoms with E-state index >= 15 is 0 Å². The summed E-state index contributed by atoms with van der Waals surface area (Å²) in [5.41, 5.74) is 7.80. The van der Waals surface area contributed by atoms with Crippen LogP contribution in [-0.4, -0.2) is 166 Å². The number of aromatic nitrogens is 5. The number of carbonyl (C=O) groups is 5. The van der Waals surface area contributed by atoms with Gasteiger partial charge < -0.3 is 55.2 Å². The molecule has 6 N–H and O–H groups in total. The molecular weight excluding hydrogens is 1030 g/mol. The van der Waals surface area contributed by atoms with E-state index in [1.165, 1.54) is 17.7 Å². The summed E-state index contributed by atoms with van der Waals surface area (Å²) in [6.45, 7) is 14.9. The van der Waals surface area contributed by atoms with Gasteiger partial charge in [-0.15, -0.1) is 11.3 Å². The van der Waals surface area contributed by atoms with Crippen LogP contribution in [0.25, 0.3) is 32.4 Å². The van der Waals surface area contributed by atoms with Crippen LogP contribution >= 0.6 is 11.3 Å². The number of fused-ring (bicyclic) bond motifs is 2. The van der Waals surface area contributed by atoms with Gasteiger partial charge in [0, 0.05) is 61.6 Å². The van der Waals surface area contributed by atoms with E-state index in [1.807, 2.05) is 87.8 Å². The summed E-state index contributed by atoms with van der Waals surface area (Å²) in [5.74, 6) is -0.625. The van der Waals surface area contributed by atoms with E-state index in [1.54, 1.807) is 28.3 Å². The van der Waals surface area contributed by atoms with Crippen molar-refractivity contribution in [2.75, 3.05) is 77.8 Å². The molecule has 5 heterocycles. The molecule has 79 heavy (non-hydrogen) atoms. The second kappa shape index (κ2) is 28.0. The molecule has 21 nitrogen and oxygen atoms in total. The largest absolute Gasteiger partial charge is 0.391 e. The minimum absolute atomic E-state index is 0.0125. The smallest absolute Gasteiger partial charge is 0.255 e. The molecule has 3 aromatic carbocycles. The van der Waals surface area contributed by atoms with Crippen molar-refractivity contribution in [3.05, 3.63) is 95.0 Å². The number of H-pyrrole nitrogens is 1. The first-order chi connectivity index (χ1) is 38.1. The van der Waals surface area contributed by atoms with Crippen LogP contribution in [0.4, 0.5) is 5.69 Å². The SMILES string of the molecule is Cc1ncsc1-c1ccc(CNC(=O)[C@@H]2C[C@@H](O)CN2C(=O)[C@@H](NC(=O)CCOCCOCCOCCOCCC(=O)NCCn2ncc3cc(C(=O)Nc4ccc5nc(CN6CCC[C@@H]6C)[nH]c5c4)ccc32)C(C)(C)C)cc1. The number of carbonyl (C=O) groups excluding carboxylic acids is 5. The second-order valence-electron chi connectivity index (χ2n) is 21.2. The van der Waals surface area contributed by atoms with Crippen molar-refractivity contribution >= 4 is 68.5 Å². The topological polar surface area (TPSA) is 256 Å². The molecule has 0 unspecified atom stereocenters.